The third-order valence-corrected chi connectivity index (χ3v) is 6.75. The van der Waals surface area contributed by atoms with Gasteiger partial charge >= 0.3 is 0 Å². The lowest BCUT2D eigenvalue weighted by Gasteiger charge is -2.31. The molecule has 0 aliphatic heterocycles. The summed E-state index contributed by atoms with van der Waals surface area (Å²) in [6.45, 7) is 5.32. The number of nitrogens with one attached hydrogen (secondary N) is 1. The van der Waals surface area contributed by atoms with E-state index in [1.54, 1.807) is 37.3 Å². The lowest BCUT2D eigenvalue weighted by molar-refractivity contribution is -0.139. The van der Waals surface area contributed by atoms with E-state index in [4.69, 9.17) is 0 Å². The van der Waals surface area contributed by atoms with Crippen LogP contribution in [0.2, 0.25) is 0 Å². The fourth-order valence-electron chi connectivity index (χ4n) is 3.44. The maximum absolute atomic E-state index is 14.4. The van der Waals surface area contributed by atoms with Crippen molar-refractivity contribution in [2.45, 2.75) is 52.6 Å². The summed E-state index contributed by atoms with van der Waals surface area (Å²) in [6.07, 6.45) is 3.50. The van der Waals surface area contributed by atoms with E-state index in [2.05, 4.69) is 5.32 Å². The lowest BCUT2D eigenvalue weighted by Crippen LogP contribution is -2.51. The third kappa shape index (κ3) is 7.55. The average Bonchev–Trinajstić information content (AvgIpc) is 2.81. The standard InChI is InChI=1S/C25H34FN3O4S/c1-5-7-16-27-25(31)19(3)28(17-21-10-8-9-11-23(21)26)24(30)18-29(34(4,32)33)22-14-12-20(6-2)13-15-22/h8-15,19H,5-7,16-18H2,1-4H3,(H,27,31)/t19-/m0/s1. The molecule has 0 heterocycles. The Hall–Kier alpha value is -2.94. The van der Waals surface area contributed by atoms with Gasteiger partial charge in [-0.3, -0.25) is 13.9 Å². The molecule has 2 amide bonds. The van der Waals surface area contributed by atoms with Crippen LogP contribution < -0.4 is 9.62 Å². The molecule has 0 aliphatic carbocycles. The van der Waals surface area contributed by atoms with Gasteiger partial charge in [-0.1, -0.05) is 50.6 Å². The normalized spacial score (nSPS) is 12.1. The van der Waals surface area contributed by atoms with Gasteiger partial charge in [0.2, 0.25) is 21.8 Å². The van der Waals surface area contributed by atoms with Gasteiger partial charge in [-0.05, 0) is 43.5 Å². The van der Waals surface area contributed by atoms with Gasteiger partial charge in [0.05, 0.1) is 11.9 Å². The van der Waals surface area contributed by atoms with E-state index in [0.29, 0.717) is 12.2 Å². The average molecular weight is 492 g/mol. The molecule has 0 unspecified atom stereocenters. The van der Waals surface area contributed by atoms with Crippen LogP contribution in [0.15, 0.2) is 48.5 Å². The first kappa shape index (κ1) is 27.3. The zero-order valence-corrected chi connectivity index (χ0v) is 21.1. The molecule has 34 heavy (non-hydrogen) atoms. The van der Waals surface area contributed by atoms with E-state index in [-0.39, 0.29) is 18.0 Å². The van der Waals surface area contributed by atoms with Crippen LogP contribution in [0, 0.1) is 5.82 Å². The molecule has 0 radical (unpaired) electrons. The minimum atomic E-state index is -3.80. The van der Waals surface area contributed by atoms with Gasteiger partial charge in [-0.2, -0.15) is 0 Å². The summed E-state index contributed by atoms with van der Waals surface area (Å²) in [5.41, 5.74) is 1.61. The molecule has 1 atom stereocenters. The second-order valence-electron chi connectivity index (χ2n) is 8.22. The van der Waals surface area contributed by atoms with Gasteiger partial charge < -0.3 is 10.2 Å². The number of hydrogen-bond acceptors (Lipinski definition) is 4. The Morgan fingerprint density at radius 2 is 1.71 bits per heavy atom. The highest BCUT2D eigenvalue weighted by Gasteiger charge is 2.30. The summed E-state index contributed by atoms with van der Waals surface area (Å²) >= 11 is 0. The number of benzene rings is 2. The van der Waals surface area contributed by atoms with E-state index >= 15 is 0 Å². The van der Waals surface area contributed by atoms with Crippen molar-refractivity contribution in [1.82, 2.24) is 10.2 Å². The fourth-order valence-corrected chi connectivity index (χ4v) is 4.29. The number of hydrogen-bond donors (Lipinski definition) is 1. The molecule has 0 fully saturated rings. The first-order valence-electron chi connectivity index (χ1n) is 11.5. The number of halogens is 1. The second kappa shape index (κ2) is 12.5. The molecule has 0 saturated carbocycles. The first-order valence-corrected chi connectivity index (χ1v) is 13.3. The highest BCUT2D eigenvalue weighted by Crippen LogP contribution is 2.20. The fraction of sp³-hybridized carbons (Fsp3) is 0.440. The second-order valence-corrected chi connectivity index (χ2v) is 10.1. The predicted octanol–water partition coefficient (Wildman–Crippen LogP) is 3.49. The summed E-state index contributed by atoms with van der Waals surface area (Å²) in [6, 6.07) is 12.0. The van der Waals surface area contributed by atoms with Gasteiger partial charge in [-0.25, -0.2) is 12.8 Å². The van der Waals surface area contributed by atoms with Crippen LogP contribution in [-0.2, 0) is 32.6 Å². The van der Waals surface area contributed by atoms with Crippen LogP contribution in [0.3, 0.4) is 0 Å². The number of unbranched alkanes of at least 4 members (excludes halogenated alkanes) is 1. The van der Waals surface area contributed by atoms with Crippen LogP contribution in [0.1, 0.15) is 44.7 Å². The number of anilines is 1. The molecule has 2 rings (SSSR count). The van der Waals surface area contributed by atoms with Gasteiger partial charge in [-0.15, -0.1) is 0 Å². The minimum absolute atomic E-state index is 0.166. The van der Waals surface area contributed by atoms with Crippen molar-refractivity contribution in [1.29, 1.82) is 0 Å². The lowest BCUT2D eigenvalue weighted by atomic mass is 10.1. The zero-order valence-electron chi connectivity index (χ0n) is 20.3. The summed E-state index contributed by atoms with van der Waals surface area (Å²) < 4.78 is 40.5. The molecule has 0 aromatic heterocycles. The van der Waals surface area contributed by atoms with Crippen molar-refractivity contribution in [3.8, 4) is 0 Å². The monoisotopic (exact) mass is 491 g/mol. The highest BCUT2D eigenvalue weighted by atomic mass is 32.2. The van der Waals surface area contributed by atoms with Crippen LogP contribution in [0.25, 0.3) is 0 Å². The van der Waals surface area contributed by atoms with E-state index < -0.39 is 34.3 Å². The van der Waals surface area contributed by atoms with E-state index in [1.165, 1.54) is 23.1 Å². The van der Waals surface area contributed by atoms with Gasteiger partial charge in [0, 0.05) is 18.7 Å². The molecular formula is C25H34FN3O4S. The van der Waals surface area contributed by atoms with E-state index in [1.807, 2.05) is 13.8 Å². The van der Waals surface area contributed by atoms with Crippen LogP contribution in [0.4, 0.5) is 10.1 Å². The Morgan fingerprint density at radius 3 is 2.26 bits per heavy atom. The quantitative estimate of drug-likeness (QED) is 0.461. The maximum atomic E-state index is 14.4. The number of aryl methyl sites for hydroxylation is 1. The van der Waals surface area contributed by atoms with Gasteiger partial charge in [0.15, 0.2) is 0 Å². The Labute approximate surface area is 202 Å². The van der Waals surface area contributed by atoms with Gasteiger partial charge in [0.25, 0.3) is 0 Å². The predicted molar refractivity (Wildman–Crippen MR) is 132 cm³/mol. The molecule has 7 nitrogen and oxygen atoms in total. The highest BCUT2D eigenvalue weighted by molar-refractivity contribution is 7.92. The smallest absolute Gasteiger partial charge is 0.244 e. The van der Waals surface area contributed by atoms with Crippen molar-refractivity contribution >= 4 is 27.5 Å². The number of sulfonamides is 1. The molecule has 2 aromatic carbocycles. The summed E-state index contributed by atoms with van der Waals surface area (Å²) in [7, 11) is -3.80. The van der Waals surface area contributed by atoms with Crippen molar-refractivity contribution in [2.24, 2.45) is 0 Å². The first-order chi connectivity index (χ1) is 16.1. The molecular weight excluding hydrogens is 457 g/mol. The van der Waals surface area contributed by atoms with Crippen molar-refractivity contribution in [3.05, 3.63) is 65.5 Å². The molecule has 0 spiro atoms. The number of nitrogens with zero attached hydrogens (tertiary/aromatic N) is 2. The van der Waals surface area contributed by atoms with Crippen molar-refractivity contribution in [3.63, 3.8) is 0 Å². The van der Waals surface area contributed by atoms with Crippen molar-refractivity contribution < 1.29 is 22.4 Å². The SMILES string of the molecule is CCCCNC(=O)[C@H](C)N(Cc1ccccc1F)C(=O)CN(c1ccc(CC)cc1)S(C)(=O)=O. The number of rotatable bonds is 12. The molecule has 0 saturated heterocycles. The van der Waals surface area contributed by atoms with Gasteiger partial charge in [0.1, 0.15) is 18.4 Å². The molecule has 2 aromatic rings. The Balaban J connectivity index is 2.35. The summed E-state index contributed by atoms with van der Waals surface area (Å²) in [4.78, 5) is 27.4. The van der Waals surface area contributed by atoms with E-state index in [9.17, 15) is 22.4 Å². The number of carbonyl (C=O) groups is 2. The number of amides is 2. The zero-order chi connectivity index (χ0) is 25.3. The Morgan fingerprint density at radius 1 is 1.06 bits per heavy atom. The number of carbonyl (C=O) groups excluding carboxylic acids is 2. The van der Waals surface area contributed by atoms with Crippen molar-refractivity contribution in [2.75, 3.05) is 23.7 Å². The Bertz CT molecular complexity index is 1070. The molecule has 1 N–H and O–H groups in total. The summed E-state index contributed by atoms with van der Waals surface area (Å²) in [5.74, 6) is -1.49. The molecule has 9 heteroatoms. The third-order valence-electron chi connectivity index (χ3n) is 5.61. The maximum Gasteiger partial charge on any atom is 0.244 e. The van der Waals surface area contributed by atoms with Crippen LogP contribution in [-0.4, -0.2) is 50.5 Å². The summed E-state index contributed by atoms with van der Waals surface area (Å²) in [5, 5.41) is 2.79. The minimum Gasteiger partial charge on any atom is -0.354 e. The van der Waals surface area contributed by atoms with Crippen LogP contribution in [0.5, 0.6) is 0 Å². The molecule has 0 bridgehead atoms. The van der Waals surface area contributed by atoms with Crippen LogP contribution >= 0.6 is 0 Å². The molecule has 186 valence electrons. The van der Waals surface area contributed by atoms with E-state index in [0.717, 1.165) is 35.4 Å². The topological polar surface area (TPSA) is 86.8 Å². The Kier molecular flexibility index (Phi) is 10.0. The molecule has 0 aliphatic rings. The largest absolute Gasteiger partial charge is 0.354 e.